The lowest BCUT2D eigenvalue weighted by Gasteiger charge is -2.19. The van der Waals surface area contributed by atoms with Gasteiger partial charge in [0.2, 0.25) is 0 Å². The lowest BCUT2D eigenvalue weighted by atomic mass is 10.1. The quantitative estimate of drug-likeness (QED) is 0.616. The van der Waals surface area contributed by atoms with Crippen LogP contribution in [0.4, 0.5) is 13.2 Å². The van der Waals surface area contributed by atoms with E-state index in [1.54, 1.807) is 6.92 Å². The number of halogens is 3. The maximum absolute atomic E-state index is 12.3. The number of rotatable bonds is 4. The molecule has 100 valence electrons. The van der Waals surface area contributed by atoms with Crippen molar-refractivity contribution >= 4 is 5.97 Å². The third-order valence-electron chi connectivity index (χ3n) is 2.32. The van der Waals surface area contributed by atoms with Crippen LogP contribution in [-0.2, 0) is 11.3 Å². The summed E-state index contributed by atoms with van der Waals surface area (Å²) in [5.41, 5.74) is 0.804. The molecule has 1 aromatic carbocycles. The van der Waals surface area contributed by atoms with Crippen LogP contribution in [-0.4, -0.2) is 30.8 Å². The highest BCUT2D eigenvalue weighted by Gasteiger charge is 2.33. The van der Waals surface area contributed by atoms with Crippen molar-refractivity contribution in [2.45, 2.75) is 19.8 Å². The summed E-state index contributed by atoms with van der Waals surface area (Å²) in [6, 6.07) is 5.87. The van der Waals surface area contributed by atoms with Crippen LogP contribution < -0.4 is 0 Å². The lowest BCUT2D eigenvalue weighted by molar-refractivity contribution is -0.240. The van der Waals surface area contributed by atoms with Crippen molar-refractivity contribution in [1.82, 2.24) is 4.90 Å². The average molecular weight is 261 g/mol. The minimum atomic E-state index is -4.36. The summed E-state index contributed by atoms with van der Waals surface area (Å²) < 4.78 is 41.7. The Hall–Kier alpha value is -1.56. The van der Waals surface area contributed by atoms with E-state index in [4.69, 9.17) is 4.74 Å². The molecule has 3 nitrogen and oxygen atoms in total. The van der Waals surface area contributed by atoms with Gasteiger partial charge in [0.15, 0.2) is 0 Å². The van der Waals surface area contributed by atoms with Gasteiger partial charge >= 0.3 is 12.3 Å². The Morgan fingerprint density at radius 3 is 2.28 bits per heavy atom. The number of hydrogen-bond donors (Lipinski definition) is 0. The highest BCUT2D eigenvalue weighted by Crippen LogP contribution is 2.21. The molecule has 0 aliphatic rings. The van der Waals surface area contributed by atoms with Gasteiger partial charge in [-0.25, -0.2) is 9.69 Å². The van der Waals surface area contributed by atoms with E-state index in [1.165, 1.54) is 24.3 Å². The smallest absolute Gasteiger partial charge is 0.459 e. The molecule has 0 amide bonds. The molecule has 0 saturated carbocycles. The molecule has 0 spiro atoms. The molecule has 0 aromatic heterocycles. The van der Waals surface area contributed by atoms with Gasteiger partial charge < -0.3 is 4.74 Å². The molecule has 0 radical (unpaired) electrons. The molecule has 0 unspecified atom stereocenters. The summed E-state index contributed by atoms with van der Waals surface area (Å²) in [5.74, 6) is -0.478. The fourth-order valence-electron chi connectivity index (χ4n) is 1.32. The van der Waals surface area contributed by atoms with Crippen LogP contribution in [0.15, 0.2) is 24.3 Å². The van der Waals surface area contributed by atoms with Gasteiger partial charge in [0.1, 0.15) is 0 Å². The highest BCUT2D eigenvalue weighted by atomic mass is 19.4. The monoisotopic (exact) mass is 261 g/mol. The van der Waals surface area contributed by atoms with Crippen LogP contribution in [0.3, 0.4) is 0 Å². The number of alkyl halides is 3. The van der Waals surface area contributed by atoms with Crippen molar-refractivity contribution < 1.29 is 22.7 Å². The number of hydrogen-bond acceptors (Lipinski definition) is 3. The molecular formula is C12H14F3NO2. The van der Waals surface area contributed by atoms with Gasteiger partial charge in [-0.2, -0.15) is 13.2 Å². The zero-order valence-corrected chi connectivity index (χ0v) is 10.1. The summed E-state index contributed by atoms with van der Waals surface area (Å²) in [7, 11) is 0.971. The Morgan fingerprint density at radius 2 is 1.83 bits per heavy atom. The summed E-state index contributed by atoms with van der Waals surface area (Å²) in [5, 5.41) is 0. The van der Waals surface area contributed by atoms with Gasteiger partial charge in [-0.15, -0.1) is 0 Å². The number of benzene rings is 1. The second-order valence-electron chi connectivity index (χ2n) is 3.74. The second kappa shape index (κ2) is 5.86. The molecule has 0 fully saturated rings. The van der Waals surface area contributed by atoms with E-state index in [2.05, 4.69) is 0 Å². The predicted molar refractivity (Wildman–Crippen MR) is 59.9 cm³/mol. The van der Waals surface area contributed by atoms with Gasteiger partial charge in [-0.1, -0.05) is 12.1 Å². The topological polar surface area (TPSA) is 29.5 Å². The molecule has 0 N–H and O–H groups in total. The minimum absolute atomic E-state index is 0.257. The largest absolute Gasteiger partial charge is 0.462 e. The third-order valence-corrected chi connectivity index (χ3v) is 2.32. The van der Waals surface area contributed by atoms with Crippen LogP contribution in [0.2, 0.25) is 0 Å². The molecular weight excluding hydrogens is 247 g/mol. The number of nitrogens with zero attached hydrogens (tertiary/aromatic N) is 1. The van der Waals surface area contributed by atoms with Crippen molar-refractivity contribution in [2.75, 3.05) is 13.7 Å². The summed E-state index contributed by atoms with van der Waals surface area (Å²) >= 11 is 0. The molecule has 1 aromatic rings. The van der Waals surface area contributed by atoms with Gasteiger partial charge in [0.25, 0.3) is 0 Å². The maximum Gasteiger partial charge on any atom is 0.459 e. The maximum atomic E-state index is 12.3. The first-order valence-electron chi connectivity index (χ1n) is 5.38. The summed E-state index contributed by atoms with van der Waals surface area (Å²) in [6.07, 6.45) is -4.36. The molecule has 0 heterocycles. The molecule has 0 aliphatic carbocycles. The molecule has 0 aliphatic heterocycles. The van der Waals surface area contributed by atoms with Crippen LogP contribution in [0.5, 0.6) is 0 Å². The third kappa shape index (κ3) is 4.03. The van der Waals surface area contributed by atoms with Gasteiger partial charge in [0.05, 0.1) is 12.2 Å². The normalized spacial score (nSPS) is 11.7. The Labute approximate surface area is 103 Å². The van der Waals surface area contributed by atoms with Crippen molar-refractivity contribution in [3.63, 3.8) is 0 Å². The van der Waals surface area contributed by atoms with E-state index in [9.17, 15) is 18.0 Å². The number of carbonyl (C=O) groups excluding carboxylic acids is 1. The van der Waals surface area contributed by atoms with E-state index in [0.717, 1.165) is 7.05 Å². The highest BCUT2D eigenvalue weighted by molar-refractivity contribution is 5.89. The van der Waals surface area contributed by atoms with E-state index < -0.39 is 12.3 Å². The molecule has 18 heavy (non-hydrogen) atoms. The first-order valence-corrected chi connectivity index (χ1v) is 5.38. The lowest BCUT2D eigenvalue weighted by Crippen LogP contribution is -2.33. The fraction of sp³-hybridized carbons (Fsp3) is 0.417. The van der Waals surface area contributed by atoms with Crippen LogP contribution in [0, 0.1) is 0 Å². The zero-order valence-electron chi connectivity index (χ0n) is 10.1. The Kier molecular flexibility index (Phi) is 4.72. The van der Waals surface area contributed by atoms with Crippen LogP contribution in [0.1, 0.15) is 22.8 Å². The number of carbonyl (C=O) groups is 1. The van der Waals surface area contributed by atoms with E-state index in [1.807, 2.05) is 0 Å². The van der Waals surface area contributed by atoms with Gasteiger partial charge in [0, 0.05) is 6.54 Å². The SMILES string of the molecule is CCOC(=O)c1ccc(CN(C)C(F)(F)F)cc1. The van der Waals surface area contributed by atoms with E-state index in [0.29, 0.717) is 11.1 Å². The van der Waals surface area contributed by atoms with Gasteiger partial charge in [-0.3, -0.25) is 0 Å². The summed E-state index contributed by atoms with van der Waals surface area (Å²) in [6.45, 7) is 1.69. The Balaban J connectivity index is 2.69. The van der Waals surface area contributed by atoms with Crippen LogP contribution in [0.25, 0.3) is 0 Å². The number of esters is 1. The van der Waals surface area contributed by atoms with Crippen molar-refractivity contribution in [2.24, 2.45) is 0 Å². The van der Waals surface area contributed by atoms with Gasteiger partial charge in [-0.05, 0) is 31.7 Å². The van der Waals surface area contributed by atoms with Crippen molar-refractivity contribution in [1.29, 1.82) is 0 Å². The van der Waals surface area contributed by atoms with Crippen molar-refractivity contribution in [3.05, 3.63) is 35.4 Å². The second-order valence-corrected chi connectivity index (χ2v) is 3.74. The zero-order chi connectivity index (χ0) is 13.8. The molecule has 6 heteroatoms. The Morgan fingerprint density at radius 1 is 1.28 bits per heavy atom. The van der Waals surface area contributed by atoms with Crippen LogP contribution >= 0.6 is 0 Å². The molecule has 1 rings (SSSR count). The number of ether oxygens (including phenoxy) is 1. The van der Waals surface area contributed by atoms with E-state index >= 15 is 0 Å². The predicted octanol–water partition coefficient (Wildman–Crippen LogP) is 2.81. The first kappa shape index (κ1) is 14.5. The van der Waals surface area contributed by atoms with E-state index in [-0.39, 0.29) is 18.1 Å². The fourth-order valence-corrected chi connectivity index (χ4v) is 1.32. The molecule has 0 saturated heterocycles. The first-order chi connectivity index (χ1) is 8.34. The molecule has 0 bridgehead atoms. The van der Waals surface area contributed by atoms with Crippen molar-refractivity contribution in [3.8, 4) is 0 Å². The minimum Gasteiger partial charge on any atom is -0.462 e. The summed E-state index contributed by atoms with van der Waals surface area (Å²) in [4.78, 5) is 11.6. The Bertz CT molecular complexity index is 401. The standard InChI is InChI=1S/C12H14F3NO2/c1-3-18-11(17)10-6-4-9(5-7-10)8-16(2)12(13,14)15/h4-7H,3,8H2,1-2H3. The molecule has 0 atom stereocenters. The average Bonchev–Trinajstić information content (AvgIpc) is 2.29.